The van der Waals surface area contributed by atoms with Gasteiger partial charge in [-0.3, -0.25) is 14.3 Å². The topological polar surface area (TPSA) is 114 Å². The summed E-state index contributed by atoms with van der Waals surface area (Å²) in [7, 11) is 1.62. The van der Waals surface area contributed by atoms with Crippen LogP contribution in [-0.2, 0) is 41.8 Å². The van der Waals surface area contributed by atoms with Crippen LogP contribution >= 0.6 is 0 Å². The van der Waals surface area contributed by atoms with E-state index in [9.17, 15) is 35.9 Å². The number of anilines is 2. The summed E-state index contributed by atoms with van der Waals surface area (Å²) in [5.74, 6) is -0.461. The average molecular weight is 662 g/mol. The molecule has 2 aromatic carbocycles. The highest BCUT2D eigenvalue weighted by Gasteiger charge is 2.37. The normalized spacial score (nSPS) is 17.0. The molecule has 15 heteroatoms. The molecular formula is C32H33F6N7O2. The molecule has 1 aliphatic rings. The van der Waals surface area contributed by atoms with Crippen molar-refractivity contribution in [2.45, 2.75) is 76.8 Å². The lowest BCUT2D eigenvalue weighted by atomic mass is 9.91. The van der Waals surface area contributed by atoms with E-state index in [4.69, 9.17) is 4.98 Å². The summed E-state index contributed by atoms with van der Waals surface area (Å²) < 4.78 is 81.5. The SMILES string of the molecule is CCc1cc(-c2cc(NC(=O)Cc3cc(C(F)(F)F)ccc3C(F)(F)F)nn2C)cc2cnc(NC3CCC(NC(C)=O)CC3)nc12. The lowest BCUT2D eigenvalue weighted by molar-refractivity contribution is -0.142. The minimum absolute atomic E-state index is 0.0233. The number of fused-ring (bicyclic) bond motifs is 1. The third-order valence-electron chi connectivity index (χ3n) is 8.14. The number of nitrogens with one attached hydrogen (secondary N) is 3. The Hall–Kier alpha value is -4.69. The largest absolute Gasteiger partial charge is 0.416 e. The van der Waals surface area contributed by atoms with E-state index in [0.717, 1.165) is 47.7 Å². The van der Waals surface area contributed by atoms with Gasteiger partial charge in [0.15, 0.2) is 5.82 Å². The summed E-state index contributed by atoms with van der Waals surface area (Å²) in [6, 6.07) is 6.69. The monoisotopic (exact) mass is 661 g/mol. The van der Waals surface area contributed by atoms with E-state index in [-0.39, 0.29) is 23.8 Å². The van der Waals surface area contributed by atoms with Crippen molar-refractivity contribution in [1.29, 1.82) is 0 Å². The Balaban J connectivity index is 1.32. The maximum absolute atomic E-state index is 13.5. The van der Waals surface area contributed by atoms with Gasteiger partial charge in [0.25, 0.3) is 0 Å². The van der Waals surface area contributed by atoms with Crippen LogP contribution < -0.4 is 16.0 Å². The van der Waals surface area contributed by atoms with Crippen LogP contribution in [0.3, 0.4) is 0 Å². The summed E-state index contributed by atoms with van der Waals surface area (Å²) in [5, 5.41) is 13.8. The zero-order valence-electron chi connectivity index (χ0n) is 25.8. The molecule has 9 nitrogen and oxygen atoms in total. The third-order valence-corrected chi connectivity index (χ3v) is 8.14. The average Bonchev–Trinajstić information content (AvgIpc) is 3.35. The Morgan fingerprint density at radius 2 is 1.64 bits per heavy atom. The second-order valence-electron chi connectivity index (χ2n) is 11.6. The van der Waals surface area contributed by atoms with Crippen molar-refractivity contribution in [3.05, 3.63) is 64.8 Å². The van der Waals surface area contributed by atoms with Gasteiger partial charge in [0.05, 0.1) is 28.8 Å². The first-order valence-electron chi connectivity index (χ1n) is 15.1. The Labute approximate surface area is 266 Å². The zero-order chi connectivity index (χ0) is 34.1. The maximum atomic E-state index is 13.5. The van der Waals surface area contributed by atoms with Gasteiger partial charge in [0.2, 0.25) is 17.8 Å². The molecule has 2 amide bonds. The smallest absolute Gasteiger partial charge is 0.354 e. The van der Waals surface area contributed by atoms with Crippen LogP contribution in [0.4, 0.5) is 38.1 Å². The number of aromatic nitrogens is 4. The van der Waals surface area contributed by atoms with Gasteiger partial charge >= 0.3 is 12.4 Å². The van der Waals surface area contributed by atoms with Gasteiger partial charge in [-0.2, -0.15) is 31.4 Å². The van der Waals surface area contributed by atoms with Crippen molar-refractivity contribution in [2.75, 3.05) is 10.6 Å². The van der Waals surface area contributed by atoms with Crippen LogP contribution in [0.15, 0.2) is 42.6 Å². The Morgan fingerprint density at radius 1 is 0.936 bits per heavy atom. The molecule has 47 heavy (non-hydrogen) atoms. The van der Waals surface area contributed by atoms with E-state index in [1.54, 1.807) is 13.2 Å². The fourth-order valence-corrected chi connectivity index (χ4v) is 5.91. The van der Waals surface area contributed by atoms with Crippen molar-refractivity contribution in [3.8, 4) is 11.3 Å². The number of nitrogens with zero attached hydrogens (tertiary/aromatic N) is 4. The number of hydrogen-bond acceptors (Lipinski definition) is 6. The standard InChI is InChI=1S/C32H33F6N7O2/c1-4-18-11-20(12-21-16-39-30(43-29(18)21)41-24-8-6-23(7-9-24)40-17(2)46)26-15-27(44-45(26)3)42-28(47)14-19-13-22(31(33,34)35)5-10-25(19)32(36,37)38/h5,10-13,15-16,23-24H,4,6-9,14H2,1-3H3,(H,40,46)(H,39,41,43)(H,42,44,47). The number of alkyl halides is 6. The molecule has 0 radical (unpaired) electrons. The molecule has 1 saturated carbocycles. The van der Waals surface area contributed by atoms with Crippen LogP contribution in [0, 0.1) is 0 Å². The summed E-state index contributed by atoms with van der Waals surface area (Å²) in [5.41, 5.74) is -0.414. The molecule has 4 aromatic rings. The molecule has 1 fully saturated rings. The molecule has 0 unspecified atom stereocenters. The van der Waals surface area contributed by atoms with Gasteiger partial charge in [-0.05, 0) is 73.6 Å². The molecule has 2 heterocycles. The van der Waals surface area contributed by atoms with Gasteiger partial charge < -0.3 is 16.0 Å². The summed E-state index contributed by atoms with van der Waals surface area (Å²) in [6.07, 6.45) is -4.94. The lowest BCUT2D eigenvalue weighted by Gasteiger charge is -2.29. The molecule has 5 rings (SSSR count). The highest BCUT2D eigenvalue weighted by atomic mass is 19.4. The van der Waals surface area contributed by atoms with Crippen molar-refractivity contribution in [2.24, 2.45) is 7.05 Å². The fraction of sp³-hybridized carbons (Fsp3) is 0.406. The number of benzene rings is 2. The highest BCUT2D eigenvalue weighted by Crippen LogP contribution is 2.37. The zero-order valence-corrected chi connectivity index (χ0v) is 25.8. The molecule has 0 aliphatic heterocycles. The van der Waals surface area contributed by atoms with Crippen molar-refractivity contribution < 1.29 is 35.9 Å². The molecule has 0 bridgehead atoms. The minimum atomic E-state index is -4.94. The van der Waals surface area contributed by atoms with Crippen LogP contribution in [-0.4, -0.2) is 43.6 Å². The first-order valence-corrected chi connectivity index (χ1v) is 15.1. The molecule has 0 atom stereocenters. The van der Waals surface area contributed by atoms with E-state index in [2.05, 4.69) is 26.0 Å². The van der Waals surface area contributed by atoms with Gasteiger partial charge in [0, 0.05) is 49.3 Å². The third kappa shape index (κ3) is 8.00. The summed E-state index contributed by atoms with van der Waals surface area (Å²) >= 11 is 0. The van der Waals surface area contributed by atoms with E-state index in [1.165, 1.54) is 17.7 Å². The van der Waals surface area contributed by atoms with E-state index in [1.807, 2.05) is 19.1 Å². The predicted molar refractivity (Wildman–Crippen MR) is 163 cm³/mol. The number of carbonyl (C=O) groups is 2. The van der Waals surface area contributed by atoms with Crippen LogP contribution in [0.2, 0.25) is 0 Å². The van der Waals surface area contributed by atoms with Gasteiger partial charge in [-0.15, -0.1) is 0 Å². The Bertz CT molecular complexity index is 1790. The van der Waals surface area contributed by atoms with E-state index in [0.29, 0.717) is 36.3 Å². The molecule has 1 aliphatic carbocycles. The van der Waals surface area contributed by atoms with E-state index < -0.39 is 41.4 Å². The number of amides is 2. The number of carbonyl (C=O) groups excluding carboxylic acids is 2. The fourth-order valence-electron chi connectivity index (χ4n) is 5.91. The van der Waals surface area contributed by atoms with Gasteiger partial charge in [-0.25, -0.2) is 9.97 Å². The van der Waals surface area contributed by atoms with Crippen LogP contribution in [0.5, 0.6) is 0 Å². The maximum Gasteiger partial charge on any atom is 0.416 e. The van der Waals surface area contributed by atoms with Crippen molar-refractivity contribution in [1.82, 2.24) is 25.1 Å². The van der Waals surface area contributed by atoms with Crippen LogP contribution in [0.25, 0.3) is 22.2 Å². The van der Waals surface area contributed by atoms with Gasteiger partial charge in [0.1, 0.15) is 0 Å². The first-order chi connectivity index (χ1) is 22.1. The summed E-state index contributed by atoms with van der Waals surface area (Å²) in [4.78, 5) is 33.4. The molecule has 3 N–H and O–H groups in total. The van der Waals surface area contributed by atoms with Gasteiger partial charge in [-0.1, -0.05) is 6.92 Å². The Morgan fingerprint density at radius 3 is 2.28 bits per heavy atom. The lowest BCUT2D eigenvalue weighted by Crippen LogP contribution is -2.39. The van der Waals surface area contributed by atoms with Crippen molar-refractivity contribution in [3.63, 3.8) is 0 Å². The first kappa shape index (κ1) is 33.7. The second-order valence-corrected chi connectivity index (χ2v) is 11.6. The predicted octanol–water partition coefficient (Wildman–Crippen LogP) is 6.67. The van der Waals surface area contributed by atoms with Crippen LogP contribution in [0.1, 0.15) is 61.8 Å². The minimum Gasteiger partial charge on any atom is -0.354 e. The van der Waals surface area contributed by atoms with E-state index >= 15 is 0 Å². The number of halogens is 6. The molecular weight excluding hydrogens is 628 g/mol. The molecule has 0 saturated heterocycles. The number of aryl methyl sites for hydroxylation is 2. The number of rotatable bonds is 8. The molecule has 0 spiro atoms. The quantitative estimate of drug-likeness (QED) is 0.182. The Kier molecular flexibility index (Phi) is 9.46. The molecule has 2 aromatic heterocycles. The molecule has 250 valence electrons. The van der Waals surface area contributed by atoms with Crippen molar-refractivity contribution >= 4 is 34.5 Å². The number of hydrogen-bond donors (Lipinski definition) is 3. The summed E-state index contributed by atoms with van der Waals surface area (Å²) in [6.45, 7) is 3.50. The highest BCUT2D eigenvalue weighted by molar-refractivity contribution is 5.93. The second kappa shape index (κ2) is 13.2.